The molecule has 1 aromatic rings. The smallest absolute Gasteiger partial charge is 0.226 e. The molecule has 1 aliphatic carbocycles. The Hall–Kier alpha value is -1.29. The molecule has 4 nitrogen and oxygen atoms in total. The Bertz CT molecular complexity index is 344. The Labute approximate surface area is 102 Å². The molecule has 0 bridgehead atoms. The van der Waals surface area contributed by atoms with E-state index in [2.05, 4.69) is 0 Å². The van der Waals surface area contributed by atoms with Crippen LogP contribution in [0.4, 0.5) is 0 Å². The highest BCUT2D eigenvalue weighted by Gasteiger charge is 2.29. The maximum Gasteiger partial charge on any atom is 0.226 e. The summed E-state index contributed by atoms with van der Waals surface area (Å²) >= 11 is 0. The van der Waals surface area contributed by atoms with Crippen LogP contribution in [0, 0.1) is 5.92 Å². The van der Waals surface area contributed by atoms with Crippen LogP contribution >= 0.6 is 0 Å². The quantitative estimate of drug-likeness (QED) is 0.760. The molecule has 0 N–H and O–H groups in total. The van der Waals surface area contributed by atoms with E-state index in [9.17, 15) is 4.79 Å². The first kappa shape index (κ1) is 12.2. The molecule has 1 amide bonds. The van der Waals surface area contributed by atoms with E-state index < -0.39 is 0 Å². The lowest BCUT2D eigenvalue weighted by atomic mass is 9.84. The van der Waals surface area contributed by atoms with Gasteiger partial charge < -0.3 is 14.1 Å². The standard InChI is InChI=1S/C13H19NO3/c1-16-8-6-14(9-11-5-7-17-10-11)13(15)12-3-2-4-12/h5,7,10,12H,2-4,6,8-9H2,1H3. The fourth-order valence-electron chi connectivity index (χ4n) is 1.99. The number of methoxy groups -OCH3 is 1. The van der Waals surface area contributed by atoms with Crippen molar-refractivity contribution in [2.45, 2.75) is 25.8 Å². The molecule has 1 fully saturated rings. The molecule has 0 atom stereocenters. The van der Waals surface area contributed by atoms with Gasteiger partial charge in [-0.2, -0.15) is 0 Å². The van der Waals surface area contributed by atoms with Gasteiger partial charge in [0.2, 0.25) is 5.91 Å². The molecule has 1 aromatic heterocycles. The van der Waals surface area contributed by atoms with E-state index in [4.69, 9.17) is 9.15 Å². The molecule has 0 unspecified atom stereocenters. The summed E-state index contributed by atoms with van der Waals surface area (Å²) in [5.41, 5.74) is 1.04. The van der Waals surface area contributed by atoms with Crippen molar-refractivity contribution < 1.29 is 13.9 Å². The Morgan fingerprint density at radius 2 is 2.41 bits per heavy atom. The lowest BCUT2D eigenvalue weighted by Crippen LogP contribution is -2.40. The zero-order chi connectivity index (χ0) is 12.1. The van der Waals surface area contributed by atoms with Gasteiger partial charge in [0, 0.05) is 31.7 Å². The molecule has 94 valence electrons. The van der Waals surface area contributed by atoms with Crippen LogP contribution in [-0.4, -0.2) is 31.1 Å². The maximum atomic E-state index is 12.2. The zero-order valence-electron chi connectivity index (χ0n) is 10.2. The second-order valence-electron chi connectivity index (χ2n) is 4.51. The highest BCUT2D eigenvalue weighted by atomic mass is 16.5. The summed E-state index contributed by atoms with van der Waals surface area (Å²) in [4.78, 5) is 14.1. The van der Waals surface area contributed by atoms with Crippen LogP contribution in [0.3, 0.4) is 0 Å². The van der Waals surface area contributed by atoms with Crippen LogP contribution in [0.5, 0.6) is 0 Å². The molecule has 1 aliphatic rings. The summed E-state index contributed by atoms with van der Waals surface area (Å²) in [6.45, 7) is 1.85. The summed E-state index contributed by atoms with van der Waals surface area (Å²) in [5.74, 6) is 0.494. The van der Waals surface area contributed by atoms with Crippen molar-refractivity contribution in [3.8, 4) is 0 Å². The topological polar surface area (TPSA) is 42.7 Å². The molecule has 0 aliphatic heterocycles. The van der Waals surface area contributed by atoms with Gasteiger partial charge >= 0.3 is 0 Å². The second kappa shape index (κ2) is 5.87. The van der Waals surface area contributed by atoms with Crippen LogP contribution < -0.4 is 0 Å². The summed E-state index contributed by atoms with van der Waals surface area (Å²) in [6, 6.07) is 1.90. The minimum atomic E-state index is 0.235. The number of nitrogens with zero attached hydrogens (tertiary/aromatic N) is 1. The zero-order valence-corrected chi connectivity index (χ0v) is 10.2. The van der Waals surface area contributed by atoms with Gasteiger partial charge in [0.15, 0.2) is 0 Å². The molecule has 0 spiro atoms. The summed E-state index contributed by atoms with van der Waals surface area (Å²) < 4.78 is 10.1. The Kier molecular flexibility index (Phi) is 4.20. The summed E-state index contributed by atoms with van der Waals surface area (Å²) in [5, 5.41) is 0. The normalized spacial score (nSPS) is 15.6. The molecule has 4 heteroatoms. The maximum absolute atomic E-state index is 12.2. The minimum absolute atomic E-state index is 0.235. The SMILES string of the molecule is COCCN(Cc1ccoc1)C(=O)C1CCC1. The van der Waals surface area contributed by atoms with Crippen molar-refractivity contribution >= 4 is 5.91 Å². The minimum Gasteiger partial charge on any atom is -0.472 e. The lowest BCUT2D eigenvalue weighted by Gasteiger charge is -2.31. The van der Waals surface area contributed by atoms with Crippen LogP contribution in [0.1, 0.15) is 24.8 Å². The summed E-state index contributed by atoms with van der Waals surface area (Å²) in [7, 11) is 1.66. The number of hydrogen-bond donors (Lipinski definition) is 0. The van der Waals surface area contributed by atoms with Crippen LogP contribution in [0.25, 0.3) is 0 Å². The third-order valence-corrected chi connectivity index (χ3v) is 3.28. The summed E-state index contributed by atoms with van der Waals surface area (Å²) in [6.07, 6.45) is 6.58. The fourth-order valence-corrected chi connectivity index (χ4v) is 1.99. The van der Waals surface area contributed by atoms with Crippen molar-refractivity contribution in [3.05, 3.63) is 24.2 Å². The molecule has 0 saturated heterocycles. The van der Waals surface area contributed by atoms with Crippen molar-refractivity contribution in [2.24, 2.45) is 5.92 Å². The van der Waals surface area contributed by atoms with Gasteiger partial charge in [-0.15, -0.1) is 0 Å². The Morgan fingerprint density at radius 1 is 1.59 bits per heavy atom. The monoisotopic (exact) mass is 237 g/mol. The molecule has 1 heterocycles. The predicted octanol–water partition coefficient (Wildman–Crippen LogP) is 2.05. The highest BCUT2D eigenvalue weighted by molar-refractivity contribution is 5.79. The van der Waals surface area contributed by atoms with E-state index in [0.717, 1.165) is 18.4 Å². The largest absolute Gasteiger partial charge is 0.472 e. The first-order valence-corrected chi connectivity index (χ1v) is 6.10. The highest BCUT2D eigenvalue weighted by Crippen LogP contribution is 2.28. The first-order chi connectivity index (χ1) is 8.31. The third-order valence-electron chi connectivity index (χ3n) is 3.28. The van der Waals surface area contributed by atoms with Crippen LogP contribution in [0.15, 0.2) is 23.0 Å². The number of ether oxygens (including phenoxy) is 1. The predicted molar refractivity (Wildman–Crippen MR) is 63.3 cm³/mol. The van der Waals surface area contributed by atoms with Crippen molar-refractivity contribution in [2.75, 3.05) is 20.3 Å². The van der Waals surface area contributed by atoms with Gasteiger partial charge in [-0.05, 0) is 18.9 Å². The van der Waals surface area contributed by atoms with Crippen LogP contribution in [-0.2, 0) is 16.1 Å². The number of rotatable bonds is 6. The first-order valence-electron chi connectivity index (χ1n) is 6.10. The third kappa shape index (κ3) is 3.09. The van der Waals surface area contributed by atoms with E-state index in [1.54, 1.807) is 19.6 Å². The van der Waals surface area contributed by atoms with Crippen molar-refractivity contribution in [1.82, 2.24) is 4.90 Å². The number of carbonyl (C=O) groups excluding carboxylic acids is 1. The lowest BCUT2D eigenvalue weighted by molar-refractivity contribution is -0.139. The average molecular weight is 237 g/mol. The van der Waals surface area contributed by atoms with Crippen molar-refractivity contribution in [1.29, 1.82) is 0 Å². The fraction of sp³-hybridized carbons (Fsp3) is 0.615. The van der Waals surface area contributed by atoms with Gasteiger partial charge in [0.1, 0.15) is 0 Å². The van der Waals surface area contributed by atoms with Crippen LogP contribution in [0.2, 0.25) is 0 Å². The molecule has 0 radical (unpaired) electrons. The second-order valence-corrected chi connectivity index (χ2v) is 4.51. The van der Waals surface area contributed by atoms with Gasteiger partial charge in [-0.25, -0.2) is 0 Å². The van der Waals surface area contributed by atoms with E-state index in [0.29, 0.717) is 19.7 Å². The molecule has 1 saturated carbocycles. The van der Waals surface area contributed by atoms with Gasteiger partial charge in [-0.3, -0.25) is 4.79 Å². The van der Waals surface area contributed by atoms with E-state index >= 15 is 0 Å². The molecular formula is C13H19NO3. The van der Waals surface area contributed by atoms with Gasteiger partial charge in [0.05, 0.1) is 19.1 Å². The van der Waals surface area contributed by atoms with E-state index in [-0.39, 0.29) is 11.8 Å². The molecule has 17 heavy (non-hydrogen) atoms. The Morgan fingerprint density at radius 3 is 2.94 bits per heavy atom. The molecule has 0 aromatic carbocycles. The number of amides is 1. The Balaban J connectivity index is 1.94. The molecular weight excluding hydrogens is 218 g/mol. The number of furan rings is 1. The number of carbonyl (C=O) groups is 1. The van der Waals surface area contributed by atoms with Gasteiger partial charge in [-0.1, -0.05) is 6.42 Å². The van der Waals surface area contributed by atoms with Gasteiger partial charge in [0.25, 0.3) is 0 Å². The van der Waals surface area contributed by atoms with Crippen molar-refractivity contribution in [3.63, 3.8) is 0 Å². The van der Waals surface area contributed by atoms with E-state index in [1.165, 1.54) is 6.42 Å². The van der Waals surface area contributed by atoms with E-state index in [1.807, 2.05) is 11.0 Å². The number of hydrogen-bond acceptors (Lipinski definition) is 3. The average Bonchev–Trinajstić information content (AvgIpc) is 2.74. The molecule has 2 rings (SSSR count).